The van der Waals surface area contributed by atoms with Crippen LogP contribution in [-0.4, -0.2) is 38.2 Å². The van der Waals surface area contributed by atoms with E-state index >= 15 is 0 Å². The highest BCUT2D eigenvalue weighted by molar-refractivity contribution is 5.77. The summed E-state index contributed by atoms with van der Waals surface area (Å²) in [4.78, 5) is 22.7. The van der Waals surface area contributed by atoms with Gasteiger partial charge < -0.3 is 19.5 Å². The van der Waals surface area contributed by atoms with Gasteiger partial charge in [-0.2, -0.15) is 0 Å². The third-order valence-electron chi connectivity index (χ3n) is 3.86. The van der Waals surface area contributed by atoms with Crippen LogP contribution >= 0.6 is 0 Å². The number of rotatable bonds is 9. The zero-order valence-corrected chi connectivity index (χ0v) is 15.5. The summed E-state index contributed by atoms with van der Waals surface area (Å²) in [6, 6.07) is 10.2. The average molecular weight is 374 g/mol. The van der Waals surface area contributed by atoms with Gasteiger partial charge in [-0.15, -0.1) is 0 Å². The SMILES string of the molecule is COc1cc(CCNC(=O)COc2cccc(C)c2)c([N+](=O)[O-])cc1OC. The van der Waals surface area contributed by atoms with Gasteiger partial charge in [-0.3, -0.25) is 14.9 Å². The van der Waals surface area contributed by atoms with Gasteiger partial charge in [-0.25, -0.2) is 0 Å². The third kappa shape index (κ3) is 5.60. The van der Waals surface area contributed by atoms with Crippen molar-refractivity contribution < 1.29 is 23.9 Å². The topological polar surface area (TPSA) is 99.9 Å². The second-order valence-electron chi connectivity index (χ2n) is 5.80. The number of methoxy groups -OCH3 is 2. The summed E-state index contributed by atoms with van der Waals surface area (Å²) >= 11 is 0. The number of hydrogen-bond acceptors (Lipinski definition) is 6. The van der Waals surface area contributed by atoms with Gasteiger partial charge in [0.15, 0.2) is 18.1 Å². The number of nitrogens with one attached hydrogen (secondary N) is 1. The van der Waals surface area contributed by atoms with E-state index in [2.05, 4.69) is 5.32 Å². The van der Waals surface area contributed by atoms with Crippen molar-refractivity contribution in [1.82, 2.24) is 5.32 Å². The van der Waals surface area contributed by atoms with E-state index < -0.39 is 4.92 Å². The molecule has 1 N–H and O–H groups in total. The molecule has 0 aliphatic carbocycles. The predicted octanol–water partition coefficient (Wildman–Crippen LogP) is 2.66. The van der Waals surface area contributed by atoms with E-state index in [1.54, 1.807) is 12.1 Å². The van der Waals surface area contributed by atoms with E-state index in [1.165, 1.54) is 20.3 Å². The van der Waals surface area contributed by atoms with Crippen LogP contribution in [0.1, 0.15) is 11.1 Å². The maximum absolute atomic E-state index is 11.9. The van der Waals surface area contributed by atoms with Gasteiger partial charge in [0.05, 0.1) is 25.2 Å². The summed E-state index contributed by atoms with van der Waals surface area (Å²) in [7, 11) is 2.87. The van der Waals surface area contributed by atoms with Gasteiger partial charge >= 0.3 is 0 Å². The van der Waals surface area contributed by atoms with Gasteiger partial charge in [-0.1, -0.05) is 12.1 Å². The van der Waals surface area contributed by atoms with Crippen molar-refractivity contribution in [1.29, 1.82) is 0 Å². The molecule has 2 rings (SSSR count). The van der Waals surface area contributed by atoms with Crippen LogP contribution in [-0.2, 0) is 11.2 Å². The first-order valence-corrected chi connectivity index (χ1v) is 8.30. The molecule has 1 amide bonds. The minimum atomic E-state index is -0.486. The Morgan fingerprint density at radius 3 is 2.48 bits per heavy atom. The van der Waals surface area contributed by atoms with Crippen LogP contribution in [0.5, 0.6) is 17.2 Å². The van der Waals surface area contributed by atoms with Gasteiger partial charge in [-0.05, 0) is 37.1 Å². The van der Waals surface area contributed by atoms with Crippen LogP contribution in [0.25, 0.3) is 0 Å². The first-order chi connectivity index (χ1) is 12.9. The first kappa shape index (κ1) is 20.0. The fourth-order valence-electron chi connectivity index (χ4n) is 2.52. The molecule has 0 aromatic heterocycles. The van der Waals surface area contributed by atoms with E-state index in [9.17, 15) is 14.9 Å². The second-order valence-corrected chi connectivity index (χ2v) is 5.80. The molecule has 0 heterocycles. The molecule has 0 aliphatic heterocycles. The van der Waals surface area contributed by atoms with Gasteiger partial charge in [0.1, 0.15) is 5.75 Å². The number of nitro benzene ring substituents is 1. The minimum absolute atomic E-state index is 0.0853. The maximum atomic E-state index is 11.9. The molecule has 144 valence electrons. The number of benzene rings is 2. The molecule has 0 saturated carbocycles. The molecule has 0 radical (unpaired) electrons. The highest BCUT2D eigenvalue weighted by atomic mass is 16.6. The molecule has 27 heavy (non-hydrogen) atoms. The molecule has 0 unspecified atom stereocenters. The molecule has 2 aromatic rings. The van der Waals surface area contributed by atoms with Crippen LogP contribution in [0.15, 0.2) is 36.4 Å². The van der Waals surface area contributed by atoms with Crippen molar-refractivity contribution in [3.05, 3.63) is 57.6 Å². The summed E-state index contributed by atoms with van der Waals surface area (Å²) in [6.45, 7) is 2.03. The van der Waals surface area contributed by atoms with Crippen molar-refractivity contribution in [3.8, 4) is 17.2 Å². The lowest BCUT2D eigenvalue weighted by molar-refractivity contribution is -0.385. The molecular formula is C19H22N2O6. The highest BCUT2D eigenvalue weighted by Crippen LogP contribution is 2.34. The Balaban J connectivity index is 1.93. The predicted molar refractivity (Wildman–Crippen MR) is 99.6 cm³/mol. The van der Waals surface area contributed by atoms with Crippen molar-refractivity contribution in [3.63, 3.8) is 0 Å². The summed E-state index contributed by atoms with van der Waals surface area (Å²) < 4.78 is 15.7. The number of nitrogens with zero attached hydrogens (tertiary/aromatic N) is 1. The number of carbonyl (C=O) groups excluding carboxylic acids is 1. The first-order valence-electron chi connectivity index (χ1n) is 8.30. The molecule has 0 atom stereocenters. The number of aryl methyl sites for hydroxylation is 1. The fourth-order valence-corrected chi connectivity index (χ4v) is 2.52. The van der Waals surface area contributed by atoms with Crippen molar-refractivity contribution >= 4 is 11.6 Å². The van der Waals surface area contributed by atoms with Crippen LogP contribution in [0.4, 0.5) is 5.69 Å². The van der Waals surface area contributed by atoms with Crippen molar-refractivity contribution in [2.75, 3.05) is 27.4 Å². The quantitative estimate of drug-likeness (QED) is 0.535. The second kappa shape index (κ2) is 9.42. The lowest BCUT2D eigenvalue weighted by atomic mass is 10.1. The van der Waals surface area contributed by atoms with E-state index in [1.807, 2.05) is 25.1 Å². The molecule has 0 spiro atoms. The highest BCUT2D eigenvalue weighted by Gasteiger charge is 2.19. The lowest BCUT2D eigenvalue weighted by Crippen LogP contribution is -2.30. The fraction of sp³-hybridized carbons (Fsp3) is 0.316. The number of amides is 1. The molecule has 8 nitrogen and oxygen atoms in total. The van der Waals surface area contributed by atoms with Gasteiger partial charge in [0.25, 0.3) is 11.6 Å². The van der Waals surface area contributed by atoms with Crippen molar-refractivity contribution in [2.24, 2.45) is 0 Å². The summed E-state index contributed by atoms with van der Waals surface area (Å²) in [5.41, 5.74) is 1.39. The number of nitro groups is 1. The normalized spacial score (nSPS) is 10.2. The van der Waals surface area contributed by atoms with E-state index in [0.29, 0.717) is 17.1 Å². The smallest absolute Gasteiger partial charge is 0.276 e. The molecule has 0 bridgehead atoms. The monoisotopic (exact) mass is 374 g/mol. The Morgan fingerprint density at radius 2 is 1.85 bits per heavy atom. The molecule has 0 fully saturated rings. The molecule has 8 heteroatoms. The van der Waals surface area contributed by atoms with Gasteiger partial charge in [0.2, 0.25) is 0 Å². The number of hydrogen-bond donors (Lipinski definition) is 1. The van der Waals surface area contributed by atoms with E-state index in [4.69, 9.17) is 14.2 Å². The van der Waals surface area contributed by atoms with E-state index in [0.717, 1.165) is 5.56 Å². The zero-order valence-electron chi connectivity index (χ0n) is 15.5. The lowest BCUT2D eigenvalue weighted by Gasteiger charge is -2.11. The molecule has 2 aromatic carbocycles. The Kier molecular flexibility index (Phi) is 6.99. The Hall–Kier alpha value is -3.29. The van der Waals surface area contributed by atoms with Crippen LogP contribution in [0.2, 0.25) is 0 Å². The van der Waals surface area contributed by atoms with Crippen LogP contribution < -0.4 is 19.5 Å². The van der Waals surface area contributed by atoms with Crippen LogP contribution in [0, 0.1) is 17.0 Å². The Labute approximate surface area is 157 Å². The third-order valence-corrected chi connectivity index (χ3v) is 3.86. The summed E-state index contributed by atoms with van der Waals surface area (Å²) in [5.74, 6) is 0.982. The minimum Gasteiger partial charge on any atom is -0.493 e. The maximum Gasteiger partial charge on any atom is 0.276 e. The largest absolute Gasteiger partial charge is 0.493 e. The summed E-state index contributed by atoms with van der Waals surface area (Å²) in [6.07, 6.45) is 0.271. The standard InChI is InChI=1S/C19H22N2O6/c1-13-5-4-6-15(9-13)27-12-19(22)20-8-7-14-10-17(25-2)18(26-3)11-16(14)21(23)24/h4-6,9-11H,7-8,12H2,1-3H3,(H,20,22). The Bertz CT molecular complexity index is 822. The van der Waals surface area contributed by atoms with Gasteiger partial charge in [0, 0.05) is 12.1 Å². The Morgan fingerprint density at radius 1 is 1.15 bits per heavy atom. The van der Waals surface area contributed by atoms with Crippen LogP contribution in [0.3, 0.4) is 0 Å². The number of carbonyl (C=O) groups is 1. The van der Waals surface area contributed by atoms with E-state index in [-0.39, 0.29) is 36.9 Å². The average Bonchev–Trinajstić information content (AvgIpc) is 2.65. The molecule has 0 saturated heterocycles. The number of ether oxygens (including phenoxy) is 3. The molecular weight excluding hydrogens is 352 g/mol. The summed E-state index contributed by atoms with van der Waals surface area (Å²) in [5, 5.41) is 14.0. The molecule has 0 aliphatic rings. The zero-order chi connectivity index (χ0) is 19.8. The van der Waals surface area contributed by atoms with Crippen molar-refractivity contribution in [2.45, 2.75) is 13.3 Å².